The highest BCUT2D eigenvalue weighted by Crippen LogP contribution is 2.45. The summed E-state index contributed by atoms with van der Waals surface area (Å²) in [5.74, 6) is 3.05. The molecule has 9 rings (SSSR count). The Balaban J connectivity index is 0.000000462. The summed E-state index contributed by atoms with van der Waals surface area (Å²) in [6.45, 7) is 101. The normalized spacial score (nSPS) is 20.1. The quantitative estimate of drug-likeness (QED) is 0.142. The molecule has 8 amide bonds. The van der Waals surface area contributed by atoms with Crippen LogP contribution >= 0.6 is 0 Å². The van der Waals surface area contributed by atoms with Crippen molar-refractivity contribution < 1.29 is 38.4 Å². The topological polar surface area (TPSA) is 188 Å². The molecule has 8 saturated heterocycles. The fraction of sp³-hybridized carbons (Fsp3) is 0.916. The summed E-state index contributed by atoms with van der Waals surface area (Å²) in [6.07, 6.45) is 7.41. The van der Waals surface area contributed by atoms with Gasteiger partial charge in [0.15, 0.2) is 0 Å². The number of hydrogen-bond acceptors (Lipinski definition) is 16. The van der Waals surface area contributed by atoms with Crippen molar-refractivity contribution in [2.45, 2.75) is 340 Å². The third-order valence-corrected chi connectivity index (χ3v) is 24.4. The molecule has 1 aliphatic carbocycles. The number of nitrogens with zero attached hydrogens (tertiary/aromatic N) is 16. The third kappa shape index (κ3) is 43.3. The zero-order chi connectivity index (χ0) is 90.8. The van der Waals surface area contributed by atoms with Crippen molar-refractivity contribution in [1.29, 1.82) is 0 Å². The van der Waals surface area contributed by atoms with Crippen molar-refractivity contribution in [3.63, 3.8) is 0 Å². The molecule has 0 aromatic rings. The zero-order valence-corrected chi connectivity index (χ0v) is 83.4. The van der Waals surface area contributed by atoms with Gasteiger partial charge in [-0.15, -0.1) is 0 Å². The minimum atomic E-state index is 0.0995. The van der Waals surface area contributed by atoms with Gasteiger partial charge in [-0.25, -0.2) is 0 Å². The molecule has 0 bridgehead atoms. The molecule has 24 nitrogen and oxygen atoms in total. The van der Waals surface area contributed by atoms with Crippen LogP contribution in [0.25, 0.3) is 0 Å². The monoisotopic (exact) mass is 1680 g/mol. The second kappa shape index (κ2) is 53.0. The lowest BCUT2D eigenvalue weighted by atomic mass is 9.91. The lowest BCUT2D eigenvalue weighted by molar-refractivity contribution is -0.140. The van der Waals surface area contributed by atoms with Crippen molar-refractivity contribution in [2.24, 2.45) is 28.1 Å². The summed E-state index contributed by atoms with van der Waals surface area (Å²) in [4.78, 5) is 130. The average molecular weight is 1680 g/mol. The molecule has 119 heavy (non-hydrogen) atoms. The Labute approximate surface area is 730 Å². The van der Waals surface area contributed by atoms with Crippen LogP contribution in [0.1, 0.15) is 286 Å². The predicted octanol–water partition coefficient (Wildman–Crippen LogP) is 12.5. The molecule has 0 unspecified atom stereocenters. The first-order chi connectivity index (χ1) is 55.0. The molecule has 1 spiro atoms. The first-order valence-electron chi connectivity index (χ1n) is 47.2. The fourth-order valence-corrected chi connectivity index (χ4v) is 16.1. The van der Waals surface area contributed by atoms with Crippen molar-refractivity contribution in [3.8, 4) is 0 Å². The highest BCUT2D eigenvalue weighted by molar-refractivity contribution is 5.80. The maximum absolute atomic E-state index is 12.5. The minimum Gasteiger partial charge on any atom is -0.340 e. The van der Waals surface area contributed by atoms with E-state index in [2.05, 4.69) is 245 Å². The zero-order valence-electron chi connectivity index (χ0n) is 83.4. The number of rotatable bonds is 16. The second-order valence-corrected chi connectivity index (χ2v) is 42.6. The van der Waals surface area contributed by atoms with Gasteiger partial charge in [0.1, 0.15) is 0 Å². The van der Waals surface area contributed by atoms with Gasteiger partial charge in [0.25, 0.3) is 0 Å². The van der Waals surface area contributed by atoms with Crippen LogP contribution in [0.4, 0.5) is 0 Å². The lowest BCUT2D eigenvalue weighted by Gasteiger charge is -2.44. The lowest BCUT2D eigenvalue weighted by Crippen LogP contribution is -2.58. The molecular weight excluding hydrogens is 1490 g/mol. The standard InChI is InChI=1S/C15H28N2O.2C13H26N2O.2C12H24N2O.C11H22N2O.C10H20N2O.C9H18N2O/c1-12(2)16-8-9-17(15(11-16)6-7-15)13(18)10-14(3,4)5;2*1-11(2)14-6-8-15(9-7-14)12(16)10-13(3,4)5;1-10(2)11(15)13-6-8-14(9-7-13)12(3,4)5;1-10(2)9-12(15)14-7-5-13(6-8-14)11(3)4;1-4-5-11(14)13-8-6-12(7-9-13)10(2)3;1-4-10(13)12-7-5-11(6-8-12)9(2)3;1-8(2)10-4-6-11(7-5-10)9(3)12/h12H,6-11H2,1-5H3;2*11H,6-10H2,1-5H3;10H,6-9H2,1-5H3;10-11H,5-9H2,1-4H3;10H,4-9H2,1-3H3;9H,4-8H2,1-3H3;8H,4-7H2,1-3H3. The van der Waals surface area contributed by atoms with E-state index in [0.717, 1.165) is 209 Å². The number of carbonyl (C=O) groups is 8. The minimum absolute atomic E-state index is 0.0995. The molecule has 0 aromatic heterocycles. The number of hydrogen-bond donors (Lipinski definition) is 0. The average Bonchev–Trinajstić information content (AvgIpc) is 1.59. The van der Waals surface area contributed by atoms with Gasteiger partial charge in [0, 0.05) is 302 Å². The molecule has 8 heterocycles. The summed E-state index contributed by atoms with van der Waals surface area (Å²) in [5, 5.41) is 0. The number of amides is 8. The van der Waals surface area contributed by atoms with Gasteiger partial charge in [-0.3, -0.25) is 77.6 Å². The Kier molecular flexibility index (Phi) is 49.3. The molecule has 24 heteroatoms. The molecule has 1 saturated carbocycles. The third-order valence-electron chi connectivity index (χ3n) is 24.4. The molecule has 0 aromatic carbocycles. The van der Waals surface area contributed by atoms with Crippen molar-refractivity contribution in [2.75, 3.05) is 203 Å². The van der Waals surface area contributed by atoms with Crippen molar-refractivity contribution in [1.82, 2.24) is 78.4 Å². The second-order valence-electron chi connectivity index (χ2n) is 42.6. The fourth-order valence-electron chi connectivity index (χ4n) is 16.1. The largest absolute Gasteiger partial charge is 0.340 e. The summed E-state index contributed by atoms with van der Waals surface area (Å²) >= 11 is 0. The van der Waals surface area contributed by atoms with Crippen LogP contribution in [0, 0.1) is 28.1 Å². The number of carbonyl (C=O) groups excluding carboxylic acids is 8. The summed E-state index contributed by atoms with van der Waals surface area (Å²) in [6, 6.07) is 4.23. The van der Waals surface area contributed by atoms with E-state index in [-0.39, 0.29) is 39.1 Å². The molecule has 0 N–H and O–H groups in total. The SMILES string of the molecule is CC(=O)N1CCN(C(C)C)CC1.CC(C)C(=O)N1CCN(C(C)(C)C)CC1.CC(C)CC(=O)N1CCN(C(C)C)CC1.CC(C)N1CCN(C(=O)CC(C)(C)C)C2(CC2)C1.CC(C)N1CCN(C(=O)CC(C)(C)C)CC1.CC(C)N1CCN(C(=O)CC(C)(C)C)CC1.CCC(=O)N1CCN(C(C)C)CC1.CCCC(=O)N1CCN(C(C)C)CC1. The first kappa shape index (κ1) is 111. The molecular formula is C95H188N16O8. The predicted molar refractivity (Wildman–Crippen MR) is 495 cm³/mol. The van der Waals surface area contributed by atoms with Crippen LogP contribution in [-0.4, -0.2) is 382 Å². The smallest absolute Gasteiger partial charge is 0.225 e. The van der Waals surface area contributed by atoms with E-state index in [1.54, 1.807) is 6.92 Å². The Morgan fingerprint density at radius 1 is 0.294 bits per heavy atom. The van der Waals surface area contributed by atoms with Gasteiger partial charge in [-0.2, -0.15) is 0 Å². The first-order valence-corrected chi connectivity index (χ1v) is 47.2. The van der Waals surface area contributed by atoms with E-state index in [1.165, 1.54) is 12.8 Å². The molecule has 0 atom stereocenters. The van der Waals surface area contributed by atoms with Crippen LogP contribution in [0.3, 0.4) is 0 Å². The van der Waals surface area contributed by atoms with Crippen LogP contribution in [0.15, 0.2) is 0 Å². The van der Waals surface area contributed by atoms with Gasteiger partial charge in [0.2, 0.25) is 47.3 Å². The van der Waals surface area contributed by atoms with Crippen LogP contribution < -0.4 is 0 Å². The van der Waals surface area contributed by atoms with E-state index in [0.29, 0.717) is 128 Å². The van der Waals surface area contributed by atoms with E-state index in [1.807, 2.05) is 55.1 Å². The Bertz CT molecular complexity index is 2840. The Morgan fingerprint density at radius 3 is 0.798 bits per heavy atom. The van der Waals surface area contributed by atoms with E-state index < -0.39 is 0 Å². The highest BCUT2D eigenvalue weighted by atomic mass is 16.2. The molecule has 9 fully saturated rings. The van der Waals surface area contributed by atoms with Crippen LogP contribution in [-0.2, 0) is 38.4 Å². The Hall–Kier alpha value is -4.56. The van der Waals surface area contributed by atoms with Crippen LogP contribution in [0.5, 0.6) is 0 Å². The molecule has 9 aliphatic rings. The van der Waals surface area contributed by atoms with Gasteiger partial charge in [-0.1, -0.05) is 104 Å². The molecule has 8 aliphatic heterocycles. The summed E-state index contributed by atoms with van der Waals surface area (Å²) in [5.41, 5.74) is 0.735. The van der Waals surface area contributed by atoms with E-state index >= 15 is 0 Å². The maximum Gasteiger partial charge on any atom is 0.225 e. The maximum atomic E-state index is 12.5. The summed E-state index contributed by atoms with van der Waals surface area (Å²) in [7, 11) is 0. The van der Waals surface area contributed by atoms with Crippen molar-refractivity contribution >= 4 is 47.3 Å². The van der Waals surface area contributed by atoms with Crippen molar-refractivity contribution in [3.05, 3.63) is 0 Å². The number of piperazine rings is 8. The van der Waals surface area contributed by atoms with Crippen LogP contribution in [0.2, 0.25) is 0 Å². The van der Waals surface area contributed by atoms with Gasteiger partial charge >= 0.3 is 0 Å². The molecule has 0 radical (unpaired) electrons. The van der Waals surface area contributed by atoms with Gasteiger partial charge in [0.05, 0.1) is 5.54 Å². The molecule has 696 valence electrons. The van der Waals surface area contributed by atoms with E-state index in [4.69, 9.17) is 0 Å². The summed E-state index contributed by atoms with van der Waals surface area (Å²) < 4.78 is 0. The Morgan fingerprint density at radius 2 is 0.555 bits per heavy atom. The highest BCUT2D eigenvalue weighted by Gasteiger charge is 2.53. The van der Waals surface area contributed by atoms with Gasteiger partial charge < -0.3 is 39.2 Å². The van der Waals surface area contributed by atoms with E-state index in [9.17, 15) is 38.4 Å². The van der Waals surface area contributed by atoms with Gasteiger partial charge in [-0.05, 0) is 159 Å².